The van der Waals surface area contributed by atoms with E-state index in [1.54, 1.807) is 6.92 Å². The van der Waals surface area contributed by atoms with Crippen molar-refractivity contribution in [2.75, 3.05) is 0 Å². The molecule has 1 atom stereocenters. The van der Waals surface area contributed by atoms with E-state index in [1.807, 2.05) is 0 Å². The van der Waals surface area contributed by atoms with Crippen molar-refractivity contribution in [1.29, 1.82) is 0 Å². The molecular weight excluding hydrogens is 272 g/mol. The monoisotopic (exact) mass is 278 g/mol. The maximum Gasteiger partial charge on any atom is 0.335 e. The highest BCUT2D eigenvalue weighted by molar-refractivity contribution is 9.10. The second-order valence-corrected chi connectivity index (χ2v) is 4.43. The lowest BCUT2D eigenvalue weighted by atomic mass is 10.1. The Bertz CT molecular complexity index is 416. The quantitative estimate of drug-likeness (QED) is 0.812. The predicted molar refractivity (Wildman–Crippen MR) is 54.9 cm³/mol. The number of rotatable bonds is 2. The van der Waals surface area contributed by atoms with Crippen LogP contribution in [0.5, 0.6) is 0 Å². The van der Waals surface area contributed by atoms with Crippen molar-refractivity contribution in [2.24, 2.45) is 0 Å². The van der Waals surface area contributed by atoms with Gasteiger partial charge in [-0.2, -0.15) is 0 Å². The molecule has 1 aromatic rings. The molecular formula is C8H7BrO4S. The fourth-order valence-electron chi connectivity index (χ4n) is 0.958. The summed E-state index contributed by atoms with van der Waals surface area (Å²) in [6, 6.07) is 2.59. The molecule has 0 saturated carbocycles. The van der Waals surface area contributed by atoms with E-state index in [2.05, 4.69) is 15.9 Å². The van der Waals surface area contributed by atoms with Gasteiger partial charge in [-0.1, -0.05) is 15.9 Å². The van der Waals surface area contributed by atoms with Gasteiger partial charge in [-0.05, 0) is 24.6 Å². The third kappa shape index (κ3) is 2.20. The lowest BCUT2D eigenvalue weighted by Gasteiger charge is -2.05. The fraction of sp³-hybridized carbons (Fsp3) is 0.125. The first-order valence-electron chi connectivity index (χ1n) is 3.57. The first kappa shape index (κ1) is 11.4. The average Bonchev–Trinajstić information content (AvgIpc) is 2.08. The normalized spacial score (nSPS) is 12.5. The Morgan fingerprint density at radius 3 is 2.50 bits per heavy atom. The van der Waals surface area contributed by atoms with Crippen LogP contribution < -0.4 is 0 Å². The smallest absolute Gasteiger partial charge is 0.335 e. The summed E-state index contributed by atoms with van der Waals surface area (Å²) in [5.41, 5.74) is 0.552. The number of carboxylic acid groups (broad SMARTS) is 1. The largest absolute Gasteiger partial charge is 0.478 e. The van der Waals surface area contributed by atoms with Gasteiger partial charge in [0, 0.05) is 4.47 Å². The Kier molecular flexibility index (Phi) is 3.41. The molecule has 0 bridgehead atoms. The molecule has 0 aliphatic heterocycles. The molecule has 4 nitrogen and oxygen atoms in total. The Morgan fingerprint density at radius 1 is 1.50 bits per heavy atom. The highest BCUT2D eigenvalue weighted by atomic mass is 79.9. The van der Waals surface area contributed by atoms with Crippen molar-refractivity contribution in [3.63, 3.8) is 0 Å². The van der Waals surface area contributed by atoms with E-state index in [4.69, 9.17) is 9.66 Å². The summed E-state index contributed by atoms with van der Waals surface area (Å²) >= 11 is 0.954. The molecule has 0 saturated heterocycles. The van der Waals surface area contributed by atoms with Gasteiger partial charge in [0.25, 0.3) is 0 Å². The number of carbonyl (C=O) groups is 1. The van der Waals surface area contributed by atoms with Crippen LogP contribution in [0.2, 0.25) is 0 Å². The van der Waals surface area contributed by atoms with E-state index in [0.29, 0.717) is 10.0 Å². The molecule has 14 heavy (non-hydrogen) atoms. The van der Waals surface area contributed by atoms with Crippen molar-refractivity contribution in [1.82, 2.24) is 0 Å². The SMILES string of the molecule is Cc1c(Br)cc(C(=O)O)cc1S(=O)O. The average molecular weight is 279 g/mol. The van der Waals surface area contributed by atoms with Gasteiger partial charge in [0.1, 0.15) is 0 Å². The van der Waals surface area contributed by atoms with Crippen molar-refractivity contribution in [2.45, 2.75) is 11.8 Å². The second-order valence-electron chi connectivity index (χ2n) is 2.64. The number of carboxylic acids is 1. The van der Waals surface area contributed by atoms with Crippen LogP contribution in [-0.2, 0) is 11.1 Å². The maximum absolute atomic E-state index is 10.8. The zero-order valence-electron chi connectivity index (χ0n) is 7.15. The lowest BCUT2D eigenvalue weighted by molar-refractivity contribution is 0.0696. The number of halogens is 1. The van der Waals surface area contributed by atoms with Crippen LogP contribution in [0, 0.1) is 6.92 Å². The van der Waals surface area contributed by atoms with Crippen LogP contribution in [0.1, 0.15) is 15.9 Å². The third-order valence-corrected chi connectivity index (χ3v) is 3.36. The van der Waals surface area contributed by atoms with Crippen molar-refractivity contribution >= 4 is 33.0 Å². The number of benzene rings is 1. The molecule has 0 aliphatic carbocycles. The molecule has 1 rings (SSSR count). The molecule has 0 spiro atoms. The van der Waals surface area contributed by atoms with Gasteiger partial charge in [0.2, 0.25) is 0 Å². The van der Waals surface area contributed by atoms with Crippen molar-refractivity contribution in [3.8, 4) is 0 Å². The Labute approximate surface area is 91.4 Å². The zero-order valence-corrected chi connectivity index (χ0v) is 9.55. The first-order valence-corrected chi connectivity index (χ1v) is 5.47. The minimum atomic E-state index is -2.17. The van der Waals surface area contributed by atoms with Crippen LogP contribution in [0.25, 0.3) is 0 Å². The van der Waals surface area contributed by atoms with Crippen molar-refractivity contribution < 1.29 is 18.7 Å². The number of hydrogen-bond donors (Lipinski definition) is 2. The topological polar surface area (TPSA) is 74.6 Å². The molecule has 0 aromatic heterocycles. The maximum atomic E-state index is 10.8. The predicted octanol–water partition coefficient (Wildman–Crippen LogP) is 2.04. The summed E-state index contributed by atoms with van der Waals surface area (Å²) < 4.78 is 20.2. The fourth-order valence-corrected chi connectivity index (χ4v) is 2.15. The molecule has 6 heteroatoms. The van der Waals surface area contributed by atoms with Gasteiger partial charge in [0.15, 0.2) is 11.1 Å². The number of hydrogen-bond acceptors (Lipinski definition) is 2. The van der Waals surface area contributed by atoms with E-state index in [-0.39, 0.29) is 10.5 Å². The second kappa shape index (κ2) is 4.20. The summed E-state index contributed by atoms with van der Waals surface area (Å²) in [6.07, 6.45) is 0. The molecule has 0 amide bonds. The van der Waals surface area contributed by atoms with E-state index in [9.17, 15) is 9.00 Å². The summed E-state index contributed by atoms with van der Waals surface area (Å²) in [5.74, 6) is -1.13. The summed E-state index contributed by atoms with van der Waals surface area (Å²) in [5, 5.41) is 8.70. The van der Waals surface area contributed by atoms with Gasteiger partial charge in [-0.3, -0.25) is 0 Å². The third-order valence-electron chi connectivity index (χ3n) is 1.73. The highest BCUT2D eigenvalue weighted by Crippen LogP contribution is 2.24. The number of aromatic carboxylic acids is 1. The van der Waals surface area contributed by atoms with Gasteiger partial charge >= 0.3 is 5.97 Å². The van der Waals surface area contributed by atoms with E-state index in [1.165, 1.54) is 12.1 Å². The molecule has 0 heterocycles. The van der Waals surface area contributed by atoms with Crippen LogP contribution >= 0.6 is 15.9 Å². The Hall–Kier alpha value is -0.720. The molecule has 1 unspecified atom stereocenters. The lowest BCUT2D eigenvalue weighted by Crippen LogP contribution is -2.01. The summed E-state index contributed by atoms with van der Waals surface area (Å²) in [7, 11) is 0. The standard InChI is InChI=1S/C8H7BrO4S/c1-4-6(9)2-5(8(10)11)3-7(4)14(12)13/h2-3H,1H3,(H,10,11)(H,12,13). The van der Waals surface area contributed by atoms with E-state index < -0.39 is 17.0 Å². The van der Waals surface area contributed by atoms with E-state index >= 15 is 0 Å². The van der Waals surface area contributed by atoms with Crippen LogP contribution in [0.15, 0.2) is 21.5 Å². The Balaban J connectivity index is 3.43. The first-order chi connectivity index (χ1) is 6.43. The minimum absolute atomic E-state index is 0.0140. The summed E-state index contributed by atoms with van der Waals surface area (Å²) in [4.78, 5) is 10.7. The molecule has 0 fully saturated rings. The van der Waals surface area contributed by atoms with Crippen LogP contribution in [0.4, 0.5) is 0 Å². The van der Waals surface area contributed by atoms with E-state index in [0.717, 1.165) is 0 Å². The van der Waals surface area contributed by atoms with Gasteiger partial charge in [-0.25, -0.2) is 9.00 Å². The molecule has 1 aromatic carbocycles. The Morgan fingerprint density at radius 2 is 2.07 bits per heavy atom. The van der Waals surface area contributed by atoms with Gasteiger partial charge in [-0.15, -0.1) is 0 Å². The molecule has 0 aliphatic rings. The highest BCUT2D eigenvalue weighted by Gasteiger charge is 2.13. The van der Waals surface area contributed by atoms with Gasteiger partial charge < -0.3 is 9.66 Å². The van der Waals surface area contributed by atoms with Crippen LogP contribution in [0.3, 0.4) is 0 Å². The summed E-state index contributed by atoms with van der Waals surface area (Å²) in [6.45, 7) is 1.64. The van der Waals surface area contributed by atoms with Crippen LogP contribution in [-0.4, -0.2) is 19.8 Å². The zero-order chi connectivity index (χ0) is 10.9. The molecule has 0 radical (unpaired) electrons. The van der Waals surface area contributed by atoms with Gasteiger partial charge in [0.05, 0.1) is 10.5 Å². The minimum Gasteiger partial charge on any atom is -0.478 e. The molecule has 2 N–H and O–H groups in total. The van der Waals surface area contributed by atoms with Crippen molar-refractivity contribution in [3.05, 3.63) is 27.7 Å². The molecule has 76 valence electrons.